The molecule has 18 heavy (non-hydrogen) atoms. The van der Waals surface area contributed by atoms with Crippen LogP contribution in [0.2, 0.25) is 0 Å². The van der Waals surface area contributed by atoms with Crippen molar-refractivity contribution in [2.24, 2.45) is 0 Å². The minimum Gasteiger partial charge on any atom is -0.497 e. The standard InChI is InChI=1S/C15H15FO2/c1-10(17)7-15(16)13-4-3-12-9-14(18-2)6-5-11(12)8-13/h3-6,8-9,15H,7H2,1-2H3. The third kappa shape index (κ3) is 2.67. The zero-order valence-electron chi connectivity index (χ0n) is 10.4. The van der Waals surface area contributed by atoms with Crippen molar-refractivity contribution in [1.82, 2.24) is 0 Å². The molecule has 0 heterocycles. The van der Waals surface area contributed by atoms with Gasteiger partial charge in [-0.1, -0.05) is 18.2 Å². The molecule has 2 aromatic rings. The number of hydrogen-bond donors (Lipinski definition) is 0. The second-order valence-corrected chi connectivity index (χ2v) is 4.35. The summed E-state index contributed by atoms with van der Waals surface area (Å²) in [6.07, 6.45) is -1.30. The number of fused-ring (bicyclic) bond motifs is 1. The van der Waals surface area contributed by atoms with E-state index < -0.39 is 6.17 Å². The fourth-order valence-electron chi connectivity index (χ4n) is 1.93. The van der Waals surface area contributed by atoms with Crippen LogP contribution < -0.4 is 4.74 Å². The van der Waals surface area contributed by atoms with Crippen LogP contribution in [0.25, 0.3) is 10.8 Å². The maximum absolute atomic E-state index is 13.8. The van der Waals surface area contributed by atoms with Gasteiger partial charge in [0, 0.05) is 6.42 Å². The van der Waals surface area contributed by atoms with Crippen molar-refractivity contribution in [1.29, 1.82) is 0 Å². The monoisotopic (exact) mass is 246 g/mol. The smallest absolute Gasteiger partial charge is 0.133 e. The van der Waals surface area contributed by atoms with E-state index in [1.807, 2.05) is 24.3 Å². The van der Waals surface area contributed by atoms with Crippen molar-refractivity contribution >= 4 is 16.6 Å². The van der Waals surface area contributed by atoms with Gasteiger partial charge in [0.1, 0.15) is 17.7 Å². The maximum Gasteiger partial charge on any atom is 0.133 e. The molecule has 0 aliphatic carbocycles. The number of benzene rings is 2. The highest BCUT2D eigenvalue weighted by Gasteiger charge is 2.12. The minimum atomic E-state index is -1.23. The first-order valence-corrected chi connectivity index (χ1v) is 5.81. The average Bonchev–Trinajstić information content (AvgIpc) is 2.36. The van der Waals surface area contributed by atoms with Crippen LogP contribution in [0.15, 0.2) is 36.4 Å². The number of carbonyl (C=O) groups is 1. The normalized spacial score (nSPS) is 12.4. The molecule has 0 saturated heterocycles. The van der Waals surface area contributed by atoms with Crippen LogP contribution in [0.3, 0.4) is 0 Å². The van der Waals surface area contributed by atoms with Gasteiger partial charge in [0.05, 0.1) is 7.11 Å². The number of hydrogen-bond acceptors (Lipinski definition) is 2. The molecule has 0 saturated carbocycles. The molecule has 0 spiro atoms. The van der Waals surface area contributed by atoms with E-state index in [4.69, 9.17) is 4.74 Å². The van der Waals surface area contributed by atoms with Crippen LogP contribution >= 0.6 is 0 Å². The van der Waals surface area contributed by atoms with E-state index in [9.17, 15) is 9.18 Å². The number of ketones is 1. The summed E-state index contributed by atoms with van der Waals surface area (Å²) in [5.74, 6) is 0.633. The molecular formula is C15H15FO2. The van der Waals surface area contributed by atoms with E-state index >= 15 is 0 Å². The van der Waals surface area contributed by atoms with Crippen molar-refractivity contribution in [2.45, 2.75) is 19.5 Å². The van der Waals surface area contributed by atoms with Gasteiger partial charge in [0.15, 0.2) is 0 Å². The molecule has 3 heteroatoms. The van der Waals surface area contributed by atoms with E-state index in [0.717, 1.165) is 16.5 Å². The van der Waals surface area contributed by atoms with Gasteiger partial charge in [-0.05, 0) is 41.5 Å². The Morgan fingerprint density at radius 3 is 2.56 bits per heavy atom. The van der Waals surface area contributed by atoms with Gasteiger partial charge in [-0.15, -0.1) is 0 Å². The molecule has 1 atom stereocenters. The first kappa shape index (κ1) is 12.6. The Hall–Kier alpha value is -1.90. The van der Waals surface area contributed by atoms with Crippen molar-refractivity contribution in [3.05, 3.63) is 42.0 Å². The van der Waals surface area contributed by atoms with Gasteiger partial charge >= 0.3 is 0 Å². The van der Waals surface area contributed by atoms with E-state index in [2.05, 4.69) is 0 Å². The summed E-state index contributed by atoms with van der Waals surface area (Å²) in [5.41, 5.74) is 0.544. The highest BCUT2D eigenvalue weighted by Crippen LogP contribution is 2.27. The first-order chi connectivity index (χ1) is 8.60. The predicted molar refractivity (Wildman–Crippen MR) is 69.6 cm³/mol. The molecule has 0 aliphatic heterocycles. The van der Waals surface area contributed by atoms with E-state index in [1.165, 1.54) is 6.92 Å². The lowest BCUT2D eigenvalue weighted by atomic mass is 10.0. The molecule has 0 radical (unpaired) electrons. The second-order valence-electron chi connectivity index (χ2n) is 4.35. The van der Waals surface area contributed by atoms with Crippen molar-refractivity contribution in [3.63, 3.8) is 0 Å². The van der Waals surface area contributed by atoms with E-state index in [-0.39, 0.29) is 12.2 Å². The van der Waals surface area contributed by atoms with Crippen LogP contribution in [-0.2, 0) is 4.79 Å². The Labute approximate surface area is 105 Å². The summed E-state index contributed by atoms with van der Waals surface area (Å²) >= 11 is 0. The van der Waals surface area contributed by atoms with Crippen LogP contribution in [0.1, 0.15) is 25.1 Å². The molecule has 0 N–H and O–H groups in total. The number of Topliss-reactive ketones (excluding diaryl/α,β-unsaturated/α-hetero) is 1. The topological polar surface area (TPSA) is 26.3 Å². The first-order valence-electron chi connectivity index (χ1n) is 5.81. The molecule has 2 aromatic carbocycles. The van der Waals surface area contributed by atoms with Gasteiger partial charge in [0.2, 0.25) is 0 Å². The van der Waals surface area contributed by atoms with Crippen molar-refractivity contribution < 1.29 is 13.9 Å². The fourth-order valence-corrected chi connectivity index (χ4v) is 1.93. The number of alkyl halides is 1. The van der Waals surface area contributed by atoms with Crippen LogP contribution in [-0.4, -0.2) is 12.9 Å². The number of halogens is 1. The second kappa shape index (κ2) is 5.17. The van der Waals surface area contributed by atoms with Gasteiger partial charge < -0.3 is 4.74 Å². The van der Waals surface area contributed by atoms with Crippen LogP contribution in [0, 0.1) is 0 Å². The summed E-state index contributed by atoms with van der Waals surface area (Å²) in [6.45, 7) is 1.40. The maximum atomic E-state index is 13.8. The Kier molecular flexibility index (Phi) is 3.60. The predicted octanol–water partition coefficient (Wildman–Crippen LogP) is 3.84. The summed E-state index contributed by atoms with van der Waals surface area (Å²) in [5, 5.41) is 1.94. The molecule has 2 nitrogen and oxygen atoms in total. The summed E-state index contributed by atoms with van der Waals surface area (Å²) in [6, 6.07) is 11.0. The molecule has 0 bridgehead atoms. The number of rotatable bonds is 4. The van der Waals surface area contributed by atoms with Crippen molar-refractivity contribution in [2.75, 3.05) is 7.11 Å². The summed E-state index contributed by atoms with van der Waals surface area (Å²) in [4.78, 5) is 10.9. The largest absolute Gasteiger partial charge is 0.497 e. The Balaban J connectivity index is 2.35. The Bertz CT molecular complexity index is 578. The quantitative estimate of drug-likeness (QED) is 0.819. The van der Waals surface area contributed by atoms with Crippen LogP contribution in [0.5, 0.6) is 5.75 Å². The molecule has 0 aliphatic rings. The molecule has 0 aromatic heterocycles. The zero-order valence-corrected chi connectivity index (χ0v) is 10.4. The Morgan fingerprint density at radius 1 is 1.22 bits per heavy atom. The average molecular weight is 246 g/mol. The summed E-state index contributed by atoms with van der Waals surface area (Å²) in [7, 11) is 1.61. The molecule has 94 valence electrons. The Morgan fingerprint density at radius 2 is 1.89 bits per heavy atom. The number of ether oxygens (including phenoxy) is 1. The summed E-state index contributed by atoms with van der Waals surface area (Å²) < 4.78 is 18.9. The van der Waals surface area contributed by atoms with Gasteiger partial charge in [-0.2, -0.15) is 0 Å². The third-order valence-electron chi connectivity index (χ3n) is 2.90. The molecule has 1 unspecified atom stereocenters. The van der Waals surface area contributed by atoms with Gasteiger partial charge in [-0.3, -0.25) is 4.79 Å². The molecular weight excluding hydrogens is 231 g/mol. The van der Waals surface area contributed by atoms with Crippen molar-refractivity contribution in [3.8, 4) is 5.75 Å². The lowest BCUT2D eigenvalue weighted by molar-refractivity contribution is -0.118. The van der Waals surface area contributed by atoms with Crippen LogP contribution in [0.4, 0.5) is 4.39 Å². The lowest BCUT2D eigenvalue weighted by Crippen LogP contribution is -1.98. The molecule has 2 rings (SSSR count). The third-order valence-corrected chi connectivity index (χ3v) is 2.90. The lowest BCUT2D eigenvalue weighted by Gasteiger charge is -2.08. The number of carbonyl (C=O) groups excluding carboxylic acids is 1. The van der Waals surface area contributed by atoms with E-state index in [1.54, 1.807) is 19.2 Å². The molecule has 0 amide bonds. The van der Waals surface area contributed by atoms with Gasteiger partial charge in [-0.25, -0.2) is 4.39 Å². The SMILES string of the molecule is COc1ccc2cc(C(F)CC(C)=O)ccc2c1. The van der Waals surface area contributed by atoms with Gasteiger partial charge in [0.25, 0.3) is 0 Å². The fraction of sp³-hybridized carbons (Fsp3) is 0.267. The highest BCUT2D eigenvalue weighted by atomic mass is 19.1. The highest BCUT2D eigenvalue weighted by molar-refractivity contribution is 5.85. The molecule has 0 fully saturated rings. The van der Waals surface area contributed by atoms with E-state index in [0.29, 0.717) is 5.56 Å². The minimum absolute atomic E-state index is 0.0678. The number of methoxy groups -OCH3 is 1. The zero-order chi connectivity index (χ0) is 13.1.